The van der Waals surface area contributed by atoms with Crippen LogP contribution in [0.5, 0.6) is 5.75 Å². The van der Waals surface area contributed by atoms with Gasteiger partial charge < -0.3 is 10.1 Å². The molecule has 0 aliphatic rings. The van der Waals surface area contributed by atoms with E-state index in [1.165, 1.54) is 11.4 Å². The lowest BCUT2D eigenvalue weighted by atomic mass is 10.2. The van der Waals surface area contributed by atoms with Crippen LogP contribution in [0.2, 0.25) is 0 Å². The second-order valence-corrected chi connectivity index (χ2v) is 9.02. The van der Waals surface area contributed by atoms with Gasteiger partial charge in [-0.05, 0) is 36.1 Å². The predicted molar refractivity (Wildman–Crippen MR) is 110 cm³/mol. The number of carbonyl (C=O) groups excluding carboxylic acids is 1. The van der Waals surface area contributed by atoms with E-state index in [1.54, 1.807) is 18.2 Å². The fourth-order valence-corrected chi connectivity index (χ4v) is 4.30. The lowest BCUT2D eigenvalue weighted by molar-refractivity contribution is -0.121. The Bertz CT molecular complexity index is 896. The molecule has 0 aliphatic heterocycles. The van der Waals surface area contributed by atoms with Gasteiger partial charge in [-0.25, -0.2) is 8.42 Å². The number of carbonyl (C=O) groups is 1. The quantitative estimate of drug-likeness (QED) is 0.697. The zero-order valence-electron chi connectivity index (χ0n) is 16.8. The molecular weight excluding hydrogens is 376 g/mol. The van der Waals surface area contributed by atoms with Crippen molar-refractivity contribution < 1.29 is 17.9 Å². The number of nitrogens with one attached hydrogen (secondary N) is 1. The van der Waals surface area contributed by atoms with Crippen molar-refractivity contribution in [3.05, 3.63) is 59.7 Å². The van der Waals surface area contributed by atoms with Gasteiger partial charge in [0.05, 0.1) is 13.7 Å². The van der Waals surface area contributed by atoms with Crippen LogP contribution >= 0.6 is 0 Å². The number of amides is 1. The van der Waals surface area contributed by atoms with Crippen LogP contribution in [0.25, 0.3) is 0 Å². The van der Waals surface area contributed by atoms with Crippen LogP contribution in [-0.2, 0) is 21.4 Å². The summed E-state index contributed by atoms with van der Waals surface area (Å²) in [5.74, 6) is 0.200. The molecule has 0 bridgehead atoms. The average molecular weight is 405 g/mol. The third-order valence-electron chi connectivity index (χ3n) is 4.17. The SMILES string of the molecule is COc1ccc(C)cc1S(=O)(=O)N(CC(=O)NCC(C)C)Cc1ccccc1. The summed E-state index contributed by atoms with van der Waals surface area (Å²) in [4.78, 5) is 12.5. The van der Waals surface area contributed by atoms with Crippen molar-refractivity contribution in [3.63, 3.8) is 0 Å². The molecule has 6 nitrogen and oxygen atoms in total. The maximum atomic E-state index is 13.4. The average Bonchev–Trinajstić information content (AvgIpc) is 2.66. The Labute approximate surface area is 167 Å². The molecule has 1 amide bonds. The molecule has 0 saturated carbocycles. The van der Waals surface area contributed by atoms with Gasteiger partial charge in [0, 0.05) is 13.1 Å². The van der Waals surface area contributed by atoms with Crippen LogP contribution in [0, 0.1) is 12.8 Å². The monoisotopic (exact) mass is 404 g/mol. The van der Waals surface area contributed by atoms with Crippen LogP contribution in [0.3, 0.4) is 0 Å². The van der Waals surface area contributed by atoms with Gasteiger partial charge in [-0.3, -0.25) is 4.79 Å². The predicted octanol–water partition coefficient (Wildman–Crippen LogP) is 2.97. The molecule has 7 heteroatoms. The molecule has 2 aromatic rings. The van der Waals surface area contributed by atoms with Crippen LogP contribution in [0.1, 0.15) is 25.0 Å². The summed E-state index contributed by atoms with van der Waals surface area (Å²) in [6, 6.07) is 14.2. The van der Waals surface area contributed by atoms with Gasteiger partial charge in [0.15, 0.2) is 0 Å². The maximum Gasteiger partial charge on any atom is 0.247 e. The number of methoxy groups -OCH3 is 1. The number of hydrogen-bond acceptors (Lipinski definition) is 4. The fraction of sp³-hybridized carbons (Fsp3) is 0.381. The molecule has 0 aromatic heterocycles. The maximum absolute atomic E-state index is 13.4. The third kappa shape index (κ3) is 5.81. The summed E-state index contributed by atoms with van der Waals surface area (Å²) in [6.07, 6.45) is 0. The lowest BCUT2D eigenvalue weighted by Gasteiger charge is -2.23. The summed E-state index contributed by atoms with van der Waals surface area (Å²) in [5, 5.41) is 2.79. The molecule has 0 atom stereocenters. The van der Waals surface area contributed by atoms with E-state index in [4.69, 9.17) is 4.74 Å². The molecule has 152 valence electrons. The zero-order valence-corrected chi connectivity index (χ0v) is 17.6. The molecule has 2 rings (SSSR count). The highest BCUT2D eigenvalue weighted by Gasteiger charge is 2.30. The largest absolute Gasteiger partial charge is 0.495 e. The van der Waals surface area contributed by atoms with Crippen molar-refractivity contribution >= 4 is 15.9 Å². The number of rotatable bonds is 9. The number of ether oxygens (including phenoxy) is 1. The van der Waals surface area contributed by atoms with E-state index in [2.05, 4.69) is 5.32 Å². The number of aryl methyl sites for hydroxylation is 1. The van der Waals surface area contributed by atoms with E-state index in [1.807, 2.05) is 51.1 Å². The Hall–Kier alpha value is -2.38. The molecular formula is C21H28N2O4S. The first-order valence-electron chi connectivity index (χ1n) is 9.19. The Balaban J connectivity index is 2.39. The molecule has 0 fully saturated rings. The molecule has 0 saturated heterocycles. The van der Waals surface area contributed by atoms with Gasteiger partial charge in [-0.2, -0.15) is 4.31 Å². The zero-order chi connectivity index (χ0) is 20.7. The minimum Gasteiger partial charge on any atom is -0.495 e. The van der Waals surface area contributed by atoms with Gasteiger partial charge in [-0.1, -0.05) is 50.2 Å². The van der Waals surface area contributed by atoms with Gasteiger partial charge in [0.25, 0.3) is 0 Å². The van der Waals surface area contributed by atoms with Crippen molar-refractivity contribution in [2.45, 2.75) is 32.2 Å². The Morgan fingerprint density at radius 1 is 1.14 bits per heavy atom. The first-order valence-corrected chi connectivity index (χ1v) is 10.6. The van der Waals surface area contributed by atoms with Crippen LogP contribution in [0.4, 0.5) is 0 Å². The van der Waals surface area contributed by atoms with E-state index in [0.717, 1.165) is 11.1 Å². The Kier molecular flexibility index (Phi) is 7.60. The number of benzene rings is 2. The summed E-state index contributed by atoms with van der Waals surface area (Å²) in [6.45, 7) is 6.10. The Morgan fingerprint density at radius 2 is 1.82 bits per heavy atom. The normalized spacial score (nSPS) is 11.6. The van der Waals surface area contributed by atoms with E-state index in [9.17, 15) is 13.2 Å². The highest BCUT2D eigenvalue weighted by atomic mass is 32.2. The second-order valence-electron chi connectivity index (χ2n) is 7.11. The second kappa shape index (κ2) is 9.71. The smallest absolute Gasteiger partial charge is 0.247 e. The minimum absolute atomic E-state index is 0.0580. The van der Waals surface area contributed by atoms with Crippen LogP contribution in [0.15, 0.2) is 53.4 Å². The fourth-order valence-electron chi connectivity index (χ4n) is 2.67. The van der Waals surface area contributed by atoms with Crippen LogP contribution < -0.4 is 10.1 Å². The summed E-state index contributed by atoms with van der Waals surface area (Å²) in [7, 11) is -2.52. The summed E-state index contributed by atoms with van der Waals surface area (Å²) in [5.41, 5.74) is 1.60. The van der Waals surface area contributed by atoms with Crippen molar-refractivity contribution in [1.82, 2.24) is 9.62 Å². The highest BCUT2D eigenvalue weighted by molar-refractivity contribution is 7.89. The highest BCUT2D eigenvalue weighted by Crippen LogP contribution is 2.28. The third-order valence-corrected chi connectivity index (χ3v) is 5.98. The van der Waals surface area contributed by atoms with E-state index in [-0.39, 0.29) is 35.6 Å². The molecule has 0 unspecified atom stereocenters. The minimum atomic E-state index is -3.95. The number of hydrogen-bond donors (Lipinski definition) is 1. The molecule has 0 radical (unpaired) electrons. The molecule has 2 aromatic carbocycles. The number of nitrogens with zero attached hydrogens (tertiary/aromatic N) is 1. The van der Waals surface area contributed by atoms with Crippen molar-refractivity contribution in [3.8, 4) is 5.75 Å². The van der Waals surface area contributed by atoms with Crippen molar-refractivity contribution in [2.24, 2.45) is 5.92 Å². The standard InChI is InChI=1S/C21H28N2O4S/c1-16(2)13-22-21(24)15-23(14-18-8-6-5-7-9-18)28(25,26)20-12-17(3)10-11-19(20)27-4/h5-12,16H,13-15H2,1-4H3,(H,22,24). The van der Waals surface area contributed by atoms with Crippen molar-refractivity contribution in [2.75, 3.05) is 20.2 Å². The molecule has 0 aliphatic carbocycles. The topological polar surface area (TPSA) is 75.7 Å². The molecule has 1 N–H and O–H groups in total. The summed E-state index contributed by atoms with van der Waals surface area (Å²) >= 11 is 0. The van der Waals surface area contributed by atoms with Crippen LogP contribution in [-0.4, -0.2) is 38.8 Å². The van der Waals surface area contributed by atoms with Crippen molar-refractivity contribution in [1.29, 1.82) is 0 Å². The molecule has 0 heterocycles. The first-order chi connectivity index (χ1) is 13.2. The van der Waals surface area contributed by atoms with E-state index in [0.29, 0.717) is 6.54 Å². The van der Waals surface area contributed by atoms with Gasteiger partial charge in [0.2, 0.25) is 15.9 Å². The summed E-state index contributed by atoms with van der Waals surface area (Å²) < 4.78 is 33.3. The number of sulfonamides is 1. The molecule has 0 spiro atoms. The lowest BCUT2D eigenvalue weighted by Crippen LogP contribution is -2.41. The first kappa shape index (κ1) is 21.9. The Morgan fingerprint density at radius 3 is 2.43 bits per heavy atom. The van der Waals surface area contributed by atoms with E-state index >= 15 is 0 Å². The van der Waals surface area contributed by atoms with Gasteiger partial charge in [-0.15, -0.1) is 0 Å². The van der Waals surface area contributed by atoms with Gasteiger partial charge in [0.1, 0.15) is 10.6 Å². The molecule has 28 heavy (non-hydrogen) atoms. The van der Waals surface area contributed by atoms with E-state index < -0.39 is 10.0 Å². The van der Waals surface area contributed by atoms with Gasteiger partial charge >= 0.3 is 0 Å².